The lowest BCUT2D eigenvalue weighted by atomic mass is 10.2. The molecule has 0 saturated heterocycles. The van der Waals surface area contributed by atoms with E-state index in [4.69, 9.17) is 0 Å². The minimum atomic E-state index is -4.84. The van der Waals surface area contributed by atoms with Crippen LogP contribution in [0.3, 0.4) is 0 Å². The van der Waals surface area contributed by atoms with E-state index in [1.54, 1.807) is 24.3 Å². The Balaban J connectivity index is 1.66. The number of rotatable bonds is 4. The van der Waals surface area contributed by atoms with E-state index in [2.05, 4.69) is 15.5 Å². The summed E-state index contributed by atoms with van der Waals surface area (Å²) in [7, 11) is 0. The number of hydrogen-bond donors (Lipinski definition) is 1. The van der Waals surface area contributed by atoms with E-state index >= 15 is 0 Å². The van der Waals surface area contributed by atoms with Crippen LogP contribution in [0.5, 0.6) is 0 Å². The molecule has 0 bridgehead atoms. The molecule has 30 heavy (non-hydrogen) atoms. The smallest absolute Gasteiger partial charge is 0.322 e. The molecule has 0 atom stereocenters. The Morgan fingerprint density at radius 3 is 2.40 bits per heavy atom. The van der Waals surface area contributed by atoms with Gasteiger partial charge in [0.1, 0.15) is 5.69 Å². The second kappa shape index (κ2) is 7.47. The van der Waals surface area contributed by atoms with E-state index in [9.17, 15) is 22.4 Å². The topological polar surface area (TPSA) is 64.7 Å². The standard InChI is InChI=1S/C20H13F4N5O/c21-16-11-13(7-8-17(16)28-10-4-9-25-28)27-19(30)15-12-26-29(18(15)20(22,23)24)14-5-2-1-3-6-14/h1-12H,(H,27,30). The Hall–Kier alpha value is -3.95. The van der Waals surface area contributed by atoms with Gasteiger partial charge in [-0.05, 0) is 36.4 Å². The quantitative estimate of drug-likeness (QED) is 0.501. The number of carbonyl (C=O) groups is 1. The van der Waals surface area contributed by atoms with Gasteiger partial charge in [0.2, 0.25) is 0 Å². The molecule has 2 aromatic carbocycles. The van der Waals surface area contributed by atoms with Gasteiger partial charge in [0.05, 0.1) is 17.4 Å². The van der Waals surface area contributed by atoms with Crippen LogP contribution in [0.2, 0.25) is 0 Å². The van der Waals surface area contributed by atoms with Gasteiger partial charge in [-0.1, -0.05) is 18.2 Å². The number of nitrogens with zero attached hydrogens (tertiary/aromatic N) is 4. The number of halogens is 4. The highest BCUT2D eigenvalue weighted by Gasteiger charge is 2.40. The summed E-state index contributed by atoms with van der Waals surface area (Å²) in [5.41, 5.74) is -1.62. The molecule has 0 aliphatic rings. The molecule has 6 nitrogen and oxygen atoms in total. The highest BCUT2D eigenvalue weighted by molar-refractivity contribution is 6.05. The first-order valence-corrected chi connectivity index (χ1v) is 8.66. The summed E-state index contributed by atoms with van der Waals surface area (Å²) in [5.74, 6) is -1.76. The number of alkyl halides is 3. The first-order valence-electron chi connectivity index (χ1n) is 8.66. The Bertz CT molecular complexity index is 1180. The summed E-state index contributed by atoms with van der Waals surface area (Å²) < 4.78 is 57.4. The van der Waals surface area contributed by atoms with Crippen LogP contribution in [-0.4, -0.2) is 25.5 Å². The average molecular weight is 415 g/mol. The summed E-state index contributed by atoms with van der Waals surface area (Å²) >= 11 is 0. The number of benzene rings is 2. The predicted octanol–water partition coefficient (Wildman–Crippen LogP) is 4.47. The van der Waals surface area contributed by atoms with Gasteiger partial charge in [0.15, 0.2) is 11.5 Å². The molecule has 0 fully saturated rings. The van der Waals surface area contributed by atoms with Gasteiger partial charge in [-0.3, -0.25) is 4.79 Å². The number of anilines is 1. The molecule has 10 heteroatoms. The van der Waals surface area contributed by atoms with Crippen molar-refractivity contribution in [3.05, 3.63) is 90.3 Å². The number of para-hydroxylation sites is 1. The van der Waals surface area contributed by atoms with E-state index in [1.165, 1.54) is 41.3 Å². The fourth-order valence-electron chi connectivity index (χ4n) is 2.93. The second-order valence-electron chi connectivity index (χ2n) is 6.22. The Kier molecular flexibility index (Phi) is 4.82. The molecule has 0 saturated carbocycles. The van der Waals surface area contributed by atoms with Gasteiger partial charge >= 0.3 is 6.18 Å². The molecule has 0 unspecified atom stereocenters. The van der Waals surface area contributed by atoms with Crippen LogP contribution in [0.1, 0.15) is 16.1 Å². The fraction of sp³-hybridized carbons (Fsp3) is 0.0500. The summed E-state index contributed by atoms with van der Waals surface area (Å²) in [6.45, 7) is 0. The van der Waals surface area contributed by atoms with Gasteiger partial charge in [-0.25, -0.2) is 13.8 Å². The van der Waals surface area contributed by atoms with Crippen molar-refractivity contribution in [2.24, 2.45) is 0 Å². The zero-order valence-electron chi connectivity index (χ0n) is 15.1. The minimum absolute atomic E-state index is 0.00556. The van der Waals surface area contributed by atoms with Gasteiger partial charge in [0.25, 0.3) is 5.91 Å². The van der Waals surface area contributed by atoms with Crippen molar-refractivity contribution in [2.75, 3.05) is 5.32 Å². The Labute approximate surface area is 167 Å². The van der Waals surface area contributed by atoms with Gasteiger partial charge in [-0.2, -0.15) is 23.4 Å². The largest absolute Gasteiger partial charge is 0.434 e. The van der Waals surface area contributed by atoms with E-state index in [1.807, 2.05) is 0 Å². The Morgan fingerprint density at radius 2 is 1.77 bits per heavy atom. The molecule has 0 radical (unpaired) electrons. The van der Waals surface area contributed by atoms with E-state index in [0.29, 0.717) is 4.68 Å². The maximum absolute atomic E-state index is 14.4. The van der Waals surface area contributed by atoms with Crippen LogP contribution in [0, 0.1) is 5.82 Å². The average Bonchev–Trinajstić information content (AvgIpc) is 3.38. The van der Waals surface area contributed by atoms with Gasteiger partial charge in [0, 0.05) is 18.1 Å². The molecule has 1 N–H and O–H groups in total. The van der Waals surface area contributed by atoms with Crippen molar-refractivity contribution in [2.45, 2.75) is 6.18 Å². The second-order valence-corrected chi connectivity index (χ2v) is 6.22. The molecule has 0 aliphatic carbocycles. The van der Waals surface area contributed by atoms with E-state index < -0.39 is 29.2 Å². The maximum atomic E-state index is 14.4. The highest BCUT2D eigenvalue weighted by atomic mass is 19.4. The van der Waals surface area contributed by atoms with Crippen molar-refractivity contribution in [3.63, 3.8) is 0 Å². The van der Waals surface area contributed by atoms with Crippen LogP contribution in [0.4, 0.5) is 23.2 Å². The predicted molar refractivity (Wildman–Crippen MR) is 100 cm³/mol. The van der Waals surface area contributed by atoms with Crippen LogP contribution >= 0.6 is 0 Å². The van der Waals surface area contributed by atoms with Crippen molar-refractivity contribution < 1.29 is 22.4 Å². The van der Waals surface area contributed by atoms with Crippen LogP contribution < -0.4 is 5.32 Å². The molecule has 1 amide bonds. The fourth-order valence-corrected chi connectivity index (χ4v) is 2.93. The zero-order valence-corrected chi connectivity index (χ0v) is 15.1. The third kappa shape index (κ3) is 3.66. The number of aromatic nitrogens is 4. The molecule has 4 rings (SSSR count). The lowest BCUT2D eigenvalue weighted by Crippen LogP contribution is -2.20. The van der Waals surface area contributed by atoms with Crippen LogP contribution in [0.15, 0.2) is 73.2 Å². The molecule has 2 heterocycles. The van der Waals surface area contributed by atoms with Gasteiger partial charge in [-0.15, -0.1) is 0 Å². The zero-order chi connectivity index (χ0) is 21.3. The van der Waals surface area contributed by atoms with Crippen molar-refractivity contribution in [1.82, 2.24) is 19.6 Å². The van der Waals surface area contributed by atoms with Crippen LogP contribution in [-0.2, 0) is 6.18 Å². The number of carbonyl (C=O) groups excluding carboxylic acids is 1. The van der Waals surface area contributed by atoms with Crippen molar-refractivity contribution in [3.8, 4) is 11.4 Å². The molecular formula is C20H13F4N5O. The van der Waals surface area contributed by atoms with Crippen molar-refractivity contribution in [1.29, 1.82) is 0 Å². The highest BCUT2D eigenvalue weighted by Crippen LogP contribution is 2.34. The molecule has 152 valence electrons. The molecule has 2 aromatic heterocycles. The third-order valence-corrected chi connectivity index (χ3v) is 4.24. The van der Waals surface area contributed by atoms with Gasteiger partial charge < -0.3 is 5.32 Å². The van der Waals surface area contributed by atoms with E-state index in [-0.39, 0.29) is 17.1 Å². The molecule has 0 spiro atoms. The van der Waals surface area contributed by atoms with E-state index in [0.717, 1.165) is 12.3 Å². The minimum Gasteiger partial charge on any atom is -0.322 e. The first-order chi connectivity index (χ1) is 14.3. The third-order valence-electron chi connectivity index (χ3n) is 4.24. The SMILES string of the molecule is O=C(Nc1ccc(-n2cccn2)c(F)c1)c1cnn(-c2ccccc2)c1C(F)(F)F. The first kappa shape index (κ1) is 19.4. The molecular weight excluding hydrogens is 402 g/mol. The molecule has 4 aromatic rings. The summed E-state index contributed by atoms with van der Waals surface area (Å²) in [6, 6.07) is 13.0. The molecule has 0 aliphatic heterocycles. The summed E-state index contributed by atoms with van der Waals surface area (Å²) in [4.78, 5) is 12.5. The summed E-state index contributed by atoms with van der Waals surface area (Å²) in [6.07, 6.45) is -1.00. The number of nitrogens with one attached hydrogen (secondary N) is 1. The number of amides is 1. The summed E-state index contributed by atoms with van der Waals surface area (Å²) in [5, 5.41) is 9.93. The number of hydrogen-bond acceptors (Lipinski definition) is 3. The normalized spacial score (nSPS) is 11.5. The van der Waals surface area contributed by atoms with Crippen molar-refractivity contribution >= 4 is 11.6 Å². The maximum Gasteiger partial charge on any atom is 0.434 e. The Morgan fingerprint density at radius 1 is 1.00 bits per heavy atom. The lowest BCUT2D eigenvalue weighted by molar-refractivity contribution is -0.143. The van der Waals surface area contributed by atoms with Crippen LogP contribution in [0.25, 0.3) is 11.4 Å². The lowest BCUT2D eigenvalue weighted by Gasteiger charge is -2.13. The monoisotopic (exact) mass is 415 g/mol.